The van der Waals surface area contributed by atoms with Gasteiger partial charge in [-0.05, 0) is 11.5 Å². The summed E-state index contributed by atoms with van der Waals surface area (Å²) in [7, 11) is 0. The SMILES string of the molecule is CC(C)C[C@H]([NH3+])c1nnc2sc(SC/C=C/c3ccccc3)nn12. The molecule has 1 atom stereocenters. The molecule has 3 aromatic rings. The zero-order valence-electron chi connectivity index (χ0n) is 13.9. The predicted molar refractivity (Wildman–Crippen MR) is 99.9 cm³/mol. The lowest BCUT2D eigenvalue weighted by molar-refractivity contribution is -0.432. The van der Waals surface area contributed by atoms with Crippen LogP contribution < -0.4 is 5.73 Å². The molecule has 0 amide bonds. The summed E-state index contributed by atoms with van der Waals surface area (Å²) in [5.74, 6) is 2.32. The molecule has 0 fully saturated rings. The largest absolute Gasteiger partial charge is 0.349 e. The summed E-state index contributed by atoms with van der Waals surface area (Å²) in [6, 6.07) is 10.4. The lowest BCUT2D eigenvalue weighted by Crippen LogP contribution is -2.54. The Hall–Kier alpha value is -1.70. The molecule has 0 radical (unpaired) electrons. The van der Waals surface area contributed by atoms with E-state index < -0.39 is 0 Å². The van der Waals surface area contributed by atoms with Gasteiger partial charge in [-0.15, -0.1) is 15.3 Å². The van der Waals surface area contributed by atoms with Crippen LogP contribution in [0.2, 0.25) is 0 Å². The van der Waals surface area contributed by atoms with Crippen LogP contribution in [-0.2, 0) is 0 Å². The topological polar surface area (TPSA) is 70.7 Å². The van der Waals surface area contributed by atoms with Crippen molar-refractivity contribution >= 4 is 34.1 Å². The summed E-state index contributed by atoms with van der Waals surface area (Å²) < 4.78 is 2.86. The van der Waals surface area contributed by atoms with Crippen LogP contribution in [0.4, 0.5) is 0 Å². The van der Waals surface area contributed by atoms with Crippen LogP contribution in [0.3, 0.4) is 0 Å². The Kier molecular flexibility index (Phi) is 5.65. The molecule has 2 heterocycles. The van der Waals surface area contributed by atoms with Gasteiger partial charge in [0.25, 0.3) is 0 Å². The van der Waals surface area contributed by atoms with Gasteiger partial charge in [-0.2, -0.15) is 4.52 Å². The summed E-state index contributed by atoms with van der Waals surface area (Å²) in [5, 5.41) is 13.1. The van der Waals surface area contributed by atoms with E-state index in [0.717, 1.165) is 27.3 Å². The van der Waals surface area contributed by atoms with Gasteiger partial charge in [0.1, 0.15) is 6.04 Å². The molecule has 0 aliphatic rings. The molecule has 0 aliphatic carbocycles. The Morgan fingerprint density at radius 2 is 2.04 bits per heavy atom. The molecule has 1 aromatic carbocycles. The number of rotatable bonds is 7. The van der Waals surface area contributed by atoms with Gasteiger partial charge in [0.05, 0.1) is 0 Å². The fourth-order valence-electron chi connectivity index (χ4n) is 2.47. The van der Waals surface area contributed by atoms with E-state index in [4.69, 9.17) is 0 Å². The molecule has 7 heteroatoms. The van der Waals surface area contributed by atoms with E-state index in [2.05, 4.69) is 59.2 Å². The van der Waals surface area contributed by atoms with Crippen molar-refractivity contribution in [2.75, 3.05) is 5.75 Å². The standard InChI is InChI=1S/C17H21N5S2/c1-12(2)11-14(18)15-19-20-16-22(15)21-17(24-16)23-10-6-9-13-7-4-3-5-8-13/h3-9,12,14H,10-11,18H2,1-2H3/p+1/b9-6+/t14-/m0/s1. The molecule has 0 bridgehead atoms. The van der Waals surface area contributed by atoms with Crippen molar-refractivity contribution < 1.29 is 5.73 Å². The summed E-state index contributed by atoms with van der Waals surface area (Å²) in [5.41, 5.74) is 5.43. The number of thioether (sulfide) groups is 1. The Morgan fingerprint density at radius 3 is 2.79 bits per heavy atom. The van der Waals surface area contributed by atoms with Crippen LogP contribution in [0.15, 0.2) is 40.7 Å². The minimum Gasteiger partial charge on any atom is -0.349 e. The molecule has 2 aromatic heterocycles. The second kappa shape index (κ2) is 7.92. The number of fused-ring (bicyclic) bond motifs is 1. The average molecular weight is 361 g/mol. The van der Waals surface area contributed by atoms with Crippen molar-refractivity contribution in [2.45, 2.75) is 30.6 Å². The molecule has 3 N–H and O–H groups in total. The number of hydrogen-bond donors (Lipinski definition) is 1. The first kappa shape index (κ1) is 17.1. The first-order valence-corrected chi connectivity index (χ1v) is 9.83. The van der Waals surface area contributed by atoms with Gasteiger partial charge in [0.15, 0.2) is 4.34 Å². The van der Waals surface area contributed by atoms with Gasteiger partial charge in [-0.3, -0.25) is 0 Å². The molecular weight excluding hydrogens is 338 g/mol. The number of hydrogen-bond acceptors (Lipinski definition) is 5. The molecule has 0 spiro atoms. The van der Waals surface area contributed by atoms with Crippen LogP contribution in [0, 0.1) is 5.92 Å². The van der Waals surface area contributed by atoms with Gasteiger partial charge in [0, 0.05) is 12.2 Å². The molecule has 5 nitrogen and oxygen atoms in total. The maximum absolute atomic E-state index is 4.64. The summed E-state index contributed by atoms with van der Waals surface area (Å²) >= 11 is 3.30. The van der Waals surface area contributed by atoms with E-state index in [1.807, 2.05) is 22.7 Å². The summed E-state index contributed by atoms with van der Waals surface area (Å²) in [6.07, 6.45) is 5.28. The highest BCUT2D eigenvalue weighted by Crippen LogP contribution is 2.26. The summed E-state index contributed by atoms with van der Waals surface area (Å²) in [4.78, 5) is 0.844. The number of aromatic nitrogens is 4. The van der Waals surface area contributed by atoms with Crippen molar-refractivity contribution in [3.8, 4) is 0 Å². The van der Waals surface area contributed by atoms with Crippen LogP contribution in [0.25, 0.3) is 11.0 Å². The van der Waals surface area contributed by atoms with Crippen molar-refractivity contribution in [3.63, 3.8) is 0 Å². The van der Waals surface area contributed by atoms with Crippen LogP contribution in [0.5, 0.6) is 0 Å². The van der Waals surface area contributed by atoms with Crippen LogP contribution in [0.1, 0.15) is 37.7 Å². The maximum Gasteiger partial charge on any atom is 0.235 e. The highest BCUT2D eigenvalue weighted by atomic mass is 32.2. The first-order chi connectivity index (χ1) is 11.6. The minimum atomic E-state index is 0.123. The average Bonchev–Trinajstić information content (AvgIpc) is 3.11. The third-order valence-corrected chi connectivity index (χ3v) is 5.52. The van der Waals surface area contributed by atoms with Gasteiger partial charge < -0.3 is 5.73 Å². The van der Waals surface area contributed by atoms with Crippen LogP contribution >= 0.6 is 23.1 Å². The Labute approximate surface area is 150 Å². The molecule has 0 aliphatic heterocycles. The van der Waals surface area contributed by atoms with Crippen molar-refractivity contribution in [1.82, 2.24) is 19.8 Å². The fourth-order valence-corrected chi connectivity index (χ4v) is 4.19. The predicted octanol–water partition coefficient (Wildman–Crippen LogP) is 3.32. The van der Waals surface area contributed by atoms with Gasteiger partial charge in [-0.25, -0.2) is 0 Å². The van der Waals surface area contributed by atoms with Gasteiger partial charge in [-0.1, -0.05) is 79.4 Å². The highest BCUT2D eigenvalue weighted by Gasteiger charge is 2.21. The van der Waals surface area contributed by atoms with E-state index in [1.54, 1.807) is 23.1 Å². The van der Waals surface area contributed by atoms with Crippen molar-refractivity contribution in [3.05, 3.63) is 47.8 Å². The molecule has 0 saturated carbocycles. The second-order valence-corrected chi connectivity index (χ2v) is 8.29. The Morgan fingerprint density at radius 1 is 1.25 bits per heavy atom. The lowest BCUT2D eigenvalue weighted by Gasteiger charge is -2.07. The van der Waals surface area contributed by atoms with E-state index in [0.29, 0.717) is 5.92 Å². The molecule has 126 valence electrons. The fraction of sp³-hybridized carbons (Fsp3) is 0.353. The van der Waals surface area contributed by atoms with E-state index in [9.17, 15) is 0 Å². The van der Waals surface area contributed by atoms with E-state index >= 15 is 0 Å². The zero-order chi connectivity index (χ0) is 16.9. The smallest absolute Gasteiger partial charge is 0.235 e. The van der Waals surface area contributed by atoms with Crippen molar-refractivity contribution in [1.29, 1.82) is 0 Å². The summed E-state index contributed by atoms with van der Waals surface area (Å²) in [6.45, 7) is 4.38. The third-order valence-electron chi connectivity index (χ3n) is 3.53. The second-order valence-electron chi connectivity index (χ2n) is 6.07. The Balaban J connectivity index is 1.64. The normalized spacial score (nSPS) is 13.3. The van der Waals surface area contributed by atoms with Crippen molar-refractivity contribution in [2.24, 2.45) is 5.92 Å². The zero-order valence-corrected chi connectivity index (χ0v) is 15.6. The van der Waals surface area contributed by atoms with E-state index in [1.165, 1.54) is 5.56 Å². The molecule has 3 rings (SSSR count). The monoisotopic (exact) mass is 360 g/mol. The van der Waals surface area contributed by atoms with Crippen LogP contribution in [-0.4, -0.2) is 25.6 Å². The molecule has 24 heavy (non-hydrogen) atoms. The minimum absolute atomic E-state index is 0.123. The van der Waals surface area contributed by atoms with E-state index in [-0.39, 0.29) is 6.04 Å². The lowest BCUT2D eigenvalue weighted by atomic mass is 10.0. The molecule has 0 saturated heterocycles. The Bertz CT molecular complexity index is 807. The number of benzene rings is 1. The number of nitrogens with zero attached hydrogens (tertiary/aromatic N) is 4. The van der Waals surface area contributed by atoms with Gasteiger partial charge >= 0.3 is 0 Å². The molecular formula is C17H22N5S2+. The molecule has 0 unspecified atom stereocenters. The third kappa shape index (κ3) is 4.23. The maximum atomic E-state index is 4.64. The van der Waals surface area contributed by atoms with Gasteiger partial charge in [0.2, 0.25) is 10.8 Å². The highest BCUT2D eigenvalue weighted by molar-refractivity contribution is 8.01. The number of quaternary nitrogens is 1. The first-order valence-electron chi connectivity index (χ1n) is 8.03. The quantitative estimate of drug-likeness (QED) is 0.656.